The minimum absolute atomic E-state index is 0.0277. The topological polar surface area (TPSA) is 246 Å². The monoisotopic (exact) mass is 738 g/mol. The summed E-state index contributed by atoms with van der Waals surface area (Å²) in [6, 6.07) is 0. The van der Waals surface area contributed by atoms with Crippen molar-refractivity contribution < 1.29 is 37.6 Å². The van der Waals surface area contributed by atoms with Crippen LogP contribution in [0.25, 0.3) is 22.3 Å². The molecule has 0 saturated carbocycles. The van der Waals surface area contributed by atoms with Crippen LogP contribution < -0.4 is 17.0 Å². The van der Waals surface area contributed by atoms with Gasteiger partial charge in [-0.05, 0) is 0 Å². The second-order valence-corrected chi connectivity index (χ2v) is 16.3. The molecule has 2 fully saturated rings. The number of aromatic nitrogens is 8. The van der Waals surface area contributed by atoms with Crippen LogP contribution in [0.5, 0.6) is 0 Å². The van der Waals surface area contributed by atoms with Crippen molar-refractivity contribution in [3.63, 3.8) is 0 Å². The molecule has 6 rings (SSSR count). The number of alkyl halides is 1. The van der Waals surface area contributed by atoms with Crippen LogP contribution in [0.4, 0.5) is 16.2 Å². The van der Waals surface area contributed by atoms with Crippen molar-refractivity contribution in [2.45, 2.75) is 48.1 Å². The molecule has 46 heavy (non-hydrogen) atoms. The van der Waals surface area contributed by atoms with Gasteiger partial charge in [-0.2, -0.15) is 16.7 Å². The highest BCUT2D eigenvalue weighted by molar-refractivity contribution is 8.54. The summed E-state index contributed by atoms with van der Waals surface area (Å²) in [6.07, 6.45) is -3.92. The lowest BCUT2D eigenvalue weighted by atomic mass is 9.96. The molecule has 250 valence electrons. The highest BCUT2D eigenvalue weighted by Crippen LogP contribution is 2.43. The van der Waals surface area contributed by atoms with Crippen molar-refractivity contribution in [2.24, 2.45) is 0 Å². The number of rotatable bonds is 13. The average Bonchev–Trinajstić information content (AvgIpc) is 3.77. The number of hydrogen-bond acceptors (Lipinski definition) is 17. The lowest BCUT2D eigenvalue weighted by Crippen LogP contribution is -2.50. The number of nitrogen functional groups attached to an aromatic ring is 2. The molecule has 0 amide bonds. The molecule has 2 aliphatic heterocycles. The molecule has 2 unspecified atom stereocenters. The fourth-order valence-electron chi connectivity index (χ4n) is 5.30. The summed E-state index contributed by atoms with van der Waals surface area (Å²) >= 11 is 10.6. The number of H-pyrrole nitrogens is 1. The number of imidazole rings is 2. The molecule has 7 N–H and O–H groups in total. The number of aromatic amines is 1. The molecule has 0 aliphatic carbocycles. The lowest BCUT2D eigenvalue weighted by molar-refractivity contribution is -0.151. The van der Waals surface area contributed by atoms with Crippen LogP contribution in [0, 0.1) is 0 Å². The van der Waals surface area contributed by atoms with Crippen LogP contribution in [0.3, 0.4) is 0 Å². The third-order valence-electron chi connectivity index (χ3n) is 7.48. The van der Waals surface area contributed by atoms with Crippen LogP contribution in [0.2, 0.25) is 0 Å². The van der Waals surface area contributed by atoms with Crippen LogP contribution >= 0.6 is 39.2 Å². The van der Waals surface area contributed by atoms with Crippen LogP contribution in [0.15, 0.2) is 23.8 Å². The van der Waals surface area contributed by atoms with E-state index in [4.69, 9.17) is 46.3 Å². The van der Waals surface area contributed by atoms with Gasteiger partial charge in [0.25, 0.3) is 5.56 Å². The van der Waals surface area contributed by atoms with E-state index in [9.17, 15) is 15.0 Å². The Kier molecular flexibility index (Phi) is 10.4. The third-order valence-corrected chi connectivity index (χ3v) is 10.6. The molecule has 4 aromatic heterocycles. The smallest absolute Gasteiger partial charge is 0.280 e. The Labute approximate surface area is 275 Å². The number of nitrogens with zero attached hydrogens (tertiary/aromatic N) is 7. The Morgan fingerprint density at radius 2 is 2.07 bits per heavy atom. The molecule has 2 saturated heterocycles. The number of nitrogens with one attached hydrogen (secondary N) is 1. The number of halogens is 1. The van der Waals surface area contributed by atoms with E-state index in [1.807, 2.05) is 0 Å². The summed E-state index contributed by atoms with van der Waals surface area (Å²) in [7, 11) is -0.573. The number of aliphatic hydroxyl groups is 2. The zero-order valence-corrected chi connectivity index (χ0v) is 28.0. The van der Waals surface area contributed by atoms with Crippen LogP contribution in [-0.2, 0) is 41.4 Å². The van der Waals surface area contributed by atoms with Gasteiger partial charge in [-0.25, -0.2) is 24.3 Å². The zero-order valence-electron chi connectivity index (χ0n) is 23.5. The van der Waals surface area contributed by atoms with Gasteiger partial charge >= 0.3 is 0 Å². The third kappa shape index (κ3) is 6.63. The number of thiol groups is 1. The number of ether oxygens (including phenoxy) is 2. The highest BCUT2D eigenvalue weighted by Gasteiger charge is 2.51. The van der Waals surface area contributed by atoms with Crippen LogP contribution in [0.1, 0.15) is 6.23 Å². The van der Waals surface area contributed by atoms with Gasteiger partial charge in [-0.1, -0.05) is 11.8 Å². The Hall–Kier alpha value is -2.07. The number of thioether (sulfide) groups is 1. The van der Waals surface area contributed by atoms with Crippen molar-refractivity contribution in [2.75, 3.05) is 37.2 Å². The summed E-state index contributed by atoms with van der Waals surface area (Å²) in [5.74, 6) is 0.337. The first-order valence-corrected chi connectivity index (χ1v) is 19.2. The number of anilines is 2. The number of aliphatic hydroxyl groups excluding tert-OH is 2. The van der Waals surface area contributed by atoms with Gasteiger partial charge in [0, 0.05) is 5.75 Å². The van der Waals surface area contributed by atoms with Crippen molar-refractivity contribution >= 4 is 85.1 Å². The van der Waals surface area contributed by atoms with Crippen molar-refractivity contribution in [3.8, 4) is 0 Å². The standard InChI is InChI=1S/C22H29FN10O8P2S3/c23-11-14(41-43(44)45)9(40-20(11)33-7-29-12-16(24)26-5-27-17(12)33)2-38-42-39-8-37-22(4-46-10(1-34)15(22)35)3-32-6-28-13-18(32)30-21(25)31-19(13)36/h5-7,9-11,14-15,20,34-35,42-43H,1-4,8H2,(H,44,45)(H2,24,26,27)(H3,25,30,31,36)/t9-,10-,11+,14-,15-,20-,22-/m1/s1. The van der Waals surface area contributed by atoms with E-state index >= 15 is 4.39 Å². The fourth-order valence-corrected chi connectivity index (χ4v) is 8.31. The first kappa shape index (κ1) is 33.8. The van der Waals surface area contributed by atoms with Gasteiger partial charge in [-0.15, -0.1) is 12.2 Å². The summed E-state index contributed by atoms with van der Waals surface area (Å²) in [4.78, 5) is 35.1. The summed E-state index contributed by atoms with van der Waals surface area (Å²) in [6.45, 7) is -0.691. The summed E-state index contributed by atoms with van der Waals surface area (Å²) in [5.41, 5.74) is 10.7. The first-order valence-electron chi connectivity index (χ1n) is 13.5. The largest absolute Gasteiger partial charge is 0.395 e. The van der Waals surface area contributed by atoms with E-state index in [-0.39, 0.29) is 60.9 Å². The fraction of sp³-hybridized carbons (Fsp3) is 0.545. The molecule has 0 aromatic carbocycles. The van der Waals surface area contributed by atoms with Crippen molar-refractivity contribution in [1.82, 2.24) is 39.0 Å². The minimum atomic E-state index is -2.03. The number of fused-ring (bicyclic) bond motifs is 2. The Bertz CT molecular complexity index is 1790. The molecule has 2 aliphatic rings. The molecule has 24 heteroatoms. The lowest BCUT2D eigenvalue weighted by Gasteiger charge is -2.33. The molecular formula is C22H29FN10O8P2S3. The van der Waals surface area contributed by atoms with Crippen molar-refractivity contribution in [3.05, 3.63) is 29.3 Å². The van der Waals surface area contributed by atoms with E-state index in [0.717, 1.165) is 0 Å². The van der Waals surface area contributed by atoms with Gasteiger partial charge in [0.1, 0.15) is 35.8 Å². The van der Waals surface area contributed by atoms with Crippen molar-refractivity contribution in [1.29, 1.82) is 0 Å². The predicted molar refractivity (Wildman–Crippen MR) is 174 cm³/mol. The van der Waals surface area contributed by atoms with E-state index in [1.54, 1.807) is 4.57 Å². The summed E-state index contributed by atoms with van der Waals surface area (Å²) < 4.78 is 47.5. The maximum Gasteiger partial charge on any atom is 0.280 e. The van der Waals surface area contributed by atoms with Gasteiger partial charge in [0.15, 0.2) is 50.9 Å². The molecule has 18 nitrogen and oxygen atoms in total. The summed E-state index contributed by atoms with van der Waals surface area (Å²) in [5, 5.41) is 20.3. The molecule has 0 spiro atoms. The Morgan fingerprint density at radius 3 is 2.83 bits per heavy atom. The number of nitrogens with two attached hydrogens (primary N) is 2. The molecule has 4 aromatic rings. The molecule has 9 atom stereocenters. The van der Waals surface area contributed by atoms with E-state index in [2.05, 4.69) is 42.2 Å². The molecule has 6 heterocycles. The van der Waals surface area contributed by atoms with E-state index in [1.165, 1.54) is 35.3 Å². The quantitative estimate of drug-likeness (QED) is 0.0454. The average molecular weight is 739 g/mol. The zero-order chi connectivity index (χ0) is 32.6. The highest BCUT2D eigenvalue weighted by atomic mass is 32.9. The Balaban J connectivity index is 1.08. The number of hydrogen-bond donors (Lipinski definition) is 6. The van der Waals surface area contributed by atoms with Gasteiger partial charge in [0.05, 0.1) is 43.8 Å². The second kappa shape index (κ2) is 14.2. The Morgan fingerprint density at radius 1 is 1.26 bits per heavy atom. The maximum atomic E-state index is 15.7. The van der Waals surface area contributed by atoms with E-state index < -0.39 is 62.3 Å². The normalized spacial score (nSPS) is 29.1. The SMILES string of the molecule is Nc1nc2c(ncn2C[C@@]2(OCOPOC[C@H]3O[C@@H](n4cnc5c(N)ncnc54)[C@@H](F)[C@@H]3O[PH](=S)S)CS[C@H](CO)[C@H]2O)c(=O)[nH]1. The second-order valence-electron chi connectivity index (χ2n) is 10.3. The van der Waals surface area contributed by atoms with Gasteiger partial charge < -0.3 is 49.3 Å². The minimum Gasteiger partial charge on any atom is -0.395 e. The first-order chi connectivity index (χ1) is 22.1. The van der Waals surface area contributed by atoms with E-state index in [0.29, 0.717) is 5.52 Å². The molecule has 0 radical (unpaired) electrons. The molecular weight excluding hydrogens is 709 g/mol. The van der Waals surface area contributed by atoms with Gasteiger partial charge in [0.2, 0.25) is 5.95 Å². The van der Waals surface area contributed by atoms with Gasteiger partial charge in [-0.3, -0.25) is 14.3 Å². The molecule has 0 bridgehead atoms. The maximum absolute atomic E-state index is 15.7. The predicted octanol–water partition coefficient (Wildman–Crippen LogP) is -0.0963. The van der Waals surface area contributed by atoms with Crippen LogP contribution in [-0.4, -0.2) is 110 Å².